The maximum Gasteiger partial charge on any atom is 0.336 e. The van der Waals surface area contributed by atoms with E-state index >= 15 is 0 Å². The normalized spacial score (nSPS) is 10.8. The number of carbonyl (C=O) groups is 1. The fourth-order valence-corrected chi connectivity index (χ4v) is 1.83. The average Bonchev–Trinajstić information content (AvgIpc) is 2.77. The lowest BCUT2D eigenvalue weighted by molar-refractivity contribution is 0.0697. The van der Waals surface area contributed by atoms with Crippen LogP contribution in [0.2, 0.25) is 0 Å². The quantitative estimate of drug-likeness (QED) is 0.882. The number of carboxylic acids is 1. The average molecular weight is 230 g/mol. The summed E-state index contributed by atoms with van der Waals surface area (Å²) in [5.74, 6) is -0.919. The van der Waals surface area contributed by atoms with Crippen molar-refractivity contribution in [2.45, 2.75) is 19.9 Å². The van der Waals surface area contributed by atoms with Gasteiger partial charge in [0.15, 0.2) is 0 Å². The maximum atomic E-state index is 11.2. The third-order valence-corrected chi connectivity index (χ3v) is 2.59. The van der Waals surface area contributed by atoms with E-state index in [1.165, 1.54) is 0 Å². The van der Waals surface area contributed by atoms with E-state index < -0.39 is 5.97 Å². The van der Waals surface area contributed by atoms with Crippen molar-refractivity contribution in [3.05, 3.63) is 42.1 Å². The van der Waals surface area contributed by atoms with Crippen LogP contribution in [0.15, 0.2) is 36.5 Å². The first kappa shape index (κ1) is 11.4. The zero-order valence-electron chi connectivity index (χ0n) is 9.79. The number of benzene rings is 1. The fourth-order valence-electron chi connectivity index (χ4n) is 1.83. The smallest absolute Gasteiger partial charge is 0.336 e. The standard InChI is InChI=1S/C13H14N2O2/c1-9(2)15-12(7-8-14-15)10-5-3-4-6-11(10)13(16)17/h3-9H,1-2H3,(H,16,17). The summed E-state index contributed by atoms with van der Waals surface area (Å²) in [4.78, 5) is 11.2. The Hall–Kier alpha value is -2.10. The third-order valence-electron chi connectivity index (χ3n) is 2.59. The maximum absolute atomic E-state index is 11.2. The predicted octanol–water partition coefficient (Wildman–Crippen LogP) is 2.83. The fraction of sp³-hybridized carbons (Fsp3) is 0.231. The van der Waals surface area contributed by atoms with Crippen molar-refractivity contribution < 1.29 is 9.90 Å². The molecule has 0 radical (unpaired) electrons. The molecule has 1 aromatic carbocycles. The highest BCUT2D eigenvalue weighted by Crippen LogP contribution is 2.25. The molecule has 0 atom stereocenters. The Morgan fingerprint density at radius 3 is 2.65 bits per heavy atom. The van der Waals surface area contributed by atoms with Crippen LogP contribution >= 0.6 is 0 Å². The van der Waals surface area contributed by atoms with Gasteiger partial charge in [0.05, 0.1) is 11.3 Å². The van der Waals surface area contributed by atoms with Gasteiger partial charge in [0.1, 0.15) is 0 Å². The van der Waals surface area contributed by atoms with Crippen LogP contribution in [0.4, 0.5) is 0 Å². The van der Waals surface area contributed by atoms with Crippen molar-refractivity contribution in [3.63, 3.8) is 0 Å². The van der Waals surface area contributed by atoms with Crippen molar-refractivity contribution in [3.8, 4) is 11.3 Å². The van der Waals surface area contributed by atoms with Crippen molar-refractivity contribution >= 4 is 5.97 Å². The number of aromatic carboxylic acids is 1. The van der Waals surface area contributed by atoms with Crippen molar-refractivity contribution in [1.82, 2.24) is 9.78 Å². The van der Waals surface area contributed by atoms with Gasteiger partial charge in [-0.2, -0.15) is 5.10 Å². The van der Waals surface area contributed by atoms with Crippen LogP contribution < -0.4 is 0 Å². The molecule has 0 spiro atoms. The lowest BCUT2D eigenvalue weighted by Gasteiger charge is -2.12. The van der Waals surface area contributed by atoms with E-state index in [1.807, 2.05) is 30.7 Å². The third kappa shape index (κ3) is 2.06. The Morgan fingerprint density at radius 1 is 1.29 bits per heavy atom. The molecule has 0 bridgehead atoms. The van der Waals surface area contributed by atoms with Gasteiger partial charge in [-0.3, -0.25) is 4.68 Å². The van der Waals surface area contributed by atoms with Crippen LogP contribution in [-0.4, -0.2) is 20.9 Å². The second kappa shape index (κ2) is 4.41. The Morgan fingerprint density at radius 2 is 2.00 bits per heavy atom. The first-order valence-corrected chi connectivity index (χ1v) is 5.47. The monoisotopic (exact) mass is 230 g/mol. The van der Waals surface area contributed by atoms with Crippen LogP contribution in [0.1, 0.15) is 30.2 Å². The summed E-state index contributed by atoms with van der Waals surface area (Å²) in [6.45, 7) is 4.03. The van der Waals surface area contributed by atoms with Gasteiger partial charge in [0, 0.05) is 17.8 Å². The molecule has 4 nitrogen and oxygen atoms in total. The SMILES string of the molecule is CC(C)n1nccc1-c1ccccc1C(=O)O. The van der Waals surface area contributed by atoms with E-state index in [-0.39, 0.29) is 6.04 Å². The van der Waals surface area contributed by atoms with Gasteiger partial charge in [-0.05, 0) is 26.0 Å². The Balaban J connectivity index is 2.60. The molecule has 1 aromatic heterocycles. The van der Waals surface area contributed by atoms with Crippen molar-refractivity contribution in [2.75, 3.05) is 0 Å². The first-order chi connectivity index (χ1) is 8.11. The number of hydrogen-bond acceptors (Lipinski definition) is 2. The van der Waals surface area contributed by atoms with E-state index in [0.29, 0.717) is 11.1 Å². The molecular weight excluding hydrogens is 216 g/mol. The molecule has 0 saturated carbocycles. The van der Waals surface area contributed by atoms with E-state index in [1.54, 1.807) is 24.4 Å². The molecule has 0 aliphatic heterocycles. The zero-order valence-corrected chi connectivity index (χ0v) is 9.79. The molecule has 2 rings (SSSR count). The number of carboxylic acid groups (broad SMARTS) is 1. The van der Waals surface area contributed by atoms with Gasteiger partial charge < -0.3 is 5.11 Å². The Bertz CT molecular complexity index is 544. The van der Waals surface area contributed by atoms with E-state index in [9.17, 15) is 4.79 Å². The predicted molar refractivity (Wildman–Crippen MR) is 65.0 cm³/mol. The first-order valence-electron chi connectivity index (χ1n) is 5.47. The summed E-state index contributed by atoms with van der Waals surface area (Å²) in [5, 5.41) is 13.4. The molecule has 17 heavy (non-hydrogen) atoms. The minimum Gasteiger partial charge on any atom is -0.478 e. The number of hydrogen-bond donors (Lipinski definition) is 1. The molecule has 4 heteroatoms. The molecule has 2 aromatic rings. The minimum absolute atomic E-state index is 0.196. The summed E-state index contributed by atoms with van der Waals surface area (Å²) >= 11 is 0. The molecule has 88 valence electrons. The van der Waals surface area contributed by atoms with Gasteiger partial charge in [-0.1, -0.05) is 18.2 Å². The minimum atomic E-state index is -0.919. The Labute approximate surface area is 99.5 Å². The van der Waals surface area contributed by atoms with Crippen LogP contribution in [0.3, 0.4) is 0 Å². The van der Waals surface area contributed by atoms with Crippen LogP contribution in [0, 0.1) is 0 Å². The highest BCUT2D eigenvalue weighted by Gasteiger charge is 2.15. The topological polar surface area (TPSA) is 55.1 Å². The van der Waals surface area contributed by atoms with E-state index in [4.69, 9.17) is 5.11 Å². The van der Waals surface area contributed by atoms with Crippen molar-refractivity contribution in [1.29, 1.82) is 0 Å². The van der Waals surface area contributed by atoms with Gasteiger partial charge in [0.2, 0.25) is 0 Å². The molecule has 0 fully saturated rings. The molecule has 0 aliphatic rings. The second-order valence-electron chi connectivity index (χ2n) is 4.11. The largest absolute Gasteiger partial charge is 0.478 e. The molecule has 0 amide bonds. The van der Waals surface area contributed by atoms with E-state index in [0.717, 1.165) is 5.69 Å². The van der Waals surface area contributed by atoms with E-state index in [2.05, 4.69) is 5.10 Å². The van der Waals surface area contributed by atoms with Crippen LogP contribution in [0.25, 0.3) is 11.3 Å². The van der Waals surface area contributed by atoms with Gasteiger partial charge in [-0.25, -0.2) is 4.79 Å². The summed E-state index contributed by atoms with van der Waals surface area (Å²) in [5.41, 5.74) is 1.83. The molecule has 0 unspecified atom stereocenters. The summed E-state index contributed by atoms with van der Waals surface area (Å²) < 4.78 is 1.82. The number of aromatic nitrogens is 2. The molecule has 1 heterocycles. The lowest BCUT2D eigenvalue weighted by Crippen LogP contribution is -2.07. The lowest BCUT2D eigenvalue weighted by atomic mass is 10.0. The summed E-state index contributed by atoms with van der Waals surface area (Å²) in [6.07, 6.45) is 1.69. The van der Waals surface area contributed by atoms with Crippen molar-refractivity contribution in [2.24, 2.45) is 0 Å². The molecule has 1 N–H and O–H groups in total. The molecule has 0 aliphatic carbocycles. The second-order valence-corrected chi connectivity index (χ2v) is 4.11. The molecular formula is C13H14N2O2. The zero-order chi connectivity index (χ0) is 12.4. The summed E-state index contributed by atoms with van der Waals surface area (Å²) in [7, 11) is 0. The van der Waals surface area contributed by atoms with Gasteiger partial charge >= 0.3 is 5.97 Å². The number of nitrogens with zero attached hydrogens (tertiary/aromatic N) is 2. The molecule has 0 saturated heterocycles. The van der Waals surface area contributed by atoms with Crippen LogP contribution in [0.5, 0.6) is 0 Å². The number of rotatable bonds is 3. The van der Waals surface area contributed by atoms with Crippen LogP contribution in [-0.2, 0) is 0 Å². The highest BCUT2D eigenvalue weighted by molar-refractivity contribution is 5.95. The highest BCUT2D eigenvalue weighted by atomic mass is 16.4. The Kier molecular flexibility index (Phi) is 2.95. The summed E-state index contributed by atoms with van der Waals surface area (Å²) in [6, 6.07) is 9.00. The van der Waals surface area contributed by atoms with Gasteiger partial charge in [-0.15, -0.1) is 0 Å². The van der Waals surface area contributed by atoms with Gasteiger partial charge in [0.25, 0.3) is 0 Å².